The molecule has 102 valence electrons. The summed E-state index contributed by atoms with van der Waals surface area (Å²) in [6, 6.07) is 9.92. The number of nitrogens with zero attached hydrogens (tertiary/aromatic N) is 5. The van der Waals surface area contributed by atoms with Crippen molar-refractivity contribution in [2.75, 3.05) is 5.32 Å². The van der Waals surface area contributed by atoms with Gasteiger partial charge in [0.1, 0.15) is 6.33 Å². The van der Waals surface area contributed by atoms with Crippen LogP contribution < -0.4 is 5.32 Å². The number of nitrogens with one attached hydrogen (secondary N) is 1. The Labute approximate surface area is 117 Å². The van der Waals surface area contributed by atoms with Gasteiger partial charge in [0.25, 0.3) is 0 Å². The van der Waals surface area contributed by atoms with Gasteiger partial charge in [-0.2, -0.15) is 15.2 Å². The van der Waals surface area contributed by atoms with E-state index in [0.717, 1.165) is 30.3 Å². The third kappa shape index (κ3) is 2.54. The molecule has 0 spiro atoms. The average molecular weight is 268 g/mol. The van der Waals surface area contributed by atoms with Crippen molar-refractivity contribution in [1.82, 2.24) is 24.5 Å². The van der Waals surface area contributed by atoms with Gasteiger partial charge in [-0.05, 0) is 30.7 Å². The Morgan fingerprint density at radius 3 is 2.95 bits per heavy atom. The van der Waals surface area contributed by atoms with Crippen molar-refractivity contribution in [3.05, 3.63) is 49.1 Å². The van der Waals surface area contributed by atoms with Crippen LogP contribution in [0.15, 0.2) is 49.1 Å². The van der Waals surface area contributed by atoms with Crippen LogP contribution >= 0.6 is 0 Å². The van der Waals surface area contributed by atoms with E-state index in [1.165, 1.54) is 0 Å². The van der Waals surface area contributed by atoms with Crippen molar-refractivity contribution < 1.29 is 0 Å². The molecule has 0 atom stereocenters. The highest BCUT2D eigenvalue weighted by Crippen LogP contribution is 2.17. The Balaban J connectivity index is 1.84. The van der Waals surface area contributed by atoms with Crippen LogP contribution in [0.5, 0.6) is 0 Å². The van der Waals surface area contributed by atoms with E-state index in [2.05, 4.69) is 27.4 Å². The molecule has 0 radical (unpaired) electrons. The van der Waals surface area contributed by atoms with Crippen LogP contribution in [0.2, 0.25) is 0 Å². The van der Waals surface area contributed by atoms with E-state index in [9.17, 15) is 0 Å². The molecule has 1 aromatic carbocycles. The number of rotatable bonds is 5. The molecule has 3 aromatic rings. The summed E-state index contributed by atoms with van der Waals surface area (Å²) in [7, 11) is 0. The summed E-state index contributed by atoms with van der Waals surface area (Å²) in [6.45, 7) is 2.96. The summed E-state index contributed by atoms with van der Waals surface area (Å²) in [4.78, 5) is 4.24. The second kappa shape index (κ2) is 5.56. The van der Waals surface area contributed by atoms with Gasteiger partial charge in [-0.1, -0.05) is 13.0 Å². The largest absolute Gasteiger partial charge is 0.324 e. The van der Waals surface area contributed by atoms with E-state index < -0.39 is 0 Å². The minimum Gasteiger partial charge on any atom is -0.324 e. The Bertz CT molecular complexity index is 671. The lowest BCUT2D eigenvalue weighted by Crippen LogP contribution is -2.05. The molecule has 0 fully saturated rings. The van der Waals surface area contributed by atoms with Crippen LogP contribution in [0.25, 0.3) is 5.69 Å². The lowest BCUT2D eigenvalue weighted by molar-refractivity contribution is 0.609. The number of hydrogen-bond acceptors (Lipinski definition) is 4. The van der Waals surface area contributed by atoms with E-state index in [1.807, 2.05) is 45.9 Å². The smallest absolute Gasteiger partial charge is 0.225 e. The number of anilines is 2. The zero-order chi connectivity index (χ0) is 13.8. The van der Waals surface area contributed by atoms with Gasteiger partial charge in [-0.3, -0.25) is 0 Å². The topological polar surface area (TPSA) is 60.6 Å². The highest BCUT2D eigenvalue weighted by molar-refractivity contribution is 5.57. The Morgan fingerprint density at radius 1 is 1.20 bits per heavy atom. The first-order valence-corrected chi connectivity index (χ1v) is 6.61. The zero-order valence-corrected chi connectivity index (χ0v) is 11.3. The summed E-state index contributed by atoms with van der Waals surface area (Å²) in [5.41, 5.74) is 1.96. The number of hydrogen-bond donors (Lipinski definition) is 1. The van der Waals surface area contributed by atoms with Crippen molar-refractivity contribution in [2.45, 2.75) is 19.9 Å². The van der Waals surface area contributed by atoms with Gasteiger partial charge in [0.2, 0.25) is 5.95 Å². The van der Waals surface area contributed by atoms with Crippen LogP contribution in [-0.2, 0) is 6.54 Å². The van der Waals surface area contributed by atoms with E-state index in [4.69, 9.17) is 0 Å². The maximum Gasteiger partial charge on any atom is 0.225 e. The van der Waals surface area contributed by atoms with E-state index in [0.29, 0.717) is 0 Å². The zero-order valence-electron chi connectivity index (χ0n) is 11.3. The van der Waals surface area contributed by atoms with Crippen LogP contribution in [-0.4, -0.2) is 24.5 Å². The third-order valence-electron chi connectivity index (χ3n) is 2.92. The standard InChI is InChI=1S/C14H16N6/c1-2-8-20-14(15-11-17-20)18-12-5-3-6-13(10-12)19-9-4-7-16-19/h3-7,9-11H,2,8H2,1H3,(H,15,17,18). The second-order valence-electron chi connectivity index (χ2n) is 4.43. The van der Waals surface area contributed by atoms with Crippen LogP contribution in [0, 0.1) is 0 Å². The number of aryl methyl sites for hydroxylation is 1. The molecule has 0 saturated heterocycles. The number of benzene rings is 1. The normalized spacial score (nSPS) is 10.7. The van der Waals surface area contributed by atoms with Crippen LogP contribution in [0.4, 0.5) is 11.6 Å². The van der Waals surface area contributed by atoms with Gasteiger partial charge in [0.05, 0.1) is 5.69 Å². The molecule has 3 rings (SSSR count). The third-order valence-corrected chi connectivity index (χ3v) is 2.92. The molecule has 0 aliphatic carbocycles. The molecule has 20 heavy (non-hydrogen) atoms. The number of aromatic nitrogens is 5. The van der Waals surface area contributed by atoms with Crippen molar-refractivity contribution in [3.8, 4) is 5.69 Å². The molecule has 6 heteroatoms. The minimum absolute atomic E-state index is 0.754. The van der Waals surface area contributed by atoms with Crippen molar-refractivity contribution in [2.24, 2.45) is 0 Å². The Kier molecular flexibility index (Phi) is 3.45. The Morgan fingerprint density at radius 2 is 2.15 bits per heavy atom. The first-order valence-electron chi connectivity index (χ1n) is 6.61. The van der Waals surface area contributed by atoms with Gasteiger partial charge in [-0.25, -0.2) is 9.36 Å². The van der Waals surface area contributed by atoms with Crippen LogP contribution in [0.1, 0.15) is 13.3 Å². The van der Waals surface area contributed by atoms with Gasteiger partial charge < -0.3 is 5.32 Å². The fraction of sp³-hybridized carbons (Fsp3) is 0.214. The molecule has 2 aromatic heterocycles. The maximum absolute atomic E-state index is 4.24. The molecule has 0 saturated carbocycles. The molecule has 2 heterocycles. The quantitative estimate of drug-likeness (QED) is 0.772. The molecular formula is C14H16N6. The highest BCUT2D eigenvalue weighted by Gasteiger charge is 2.04. The SMILES string of the molecule is CCCn1ncnc1Nc1cccc(-n2cccn2)c1. The average Bonchev–Trinajstić information content (AvgIpc) is 3.12. The van der Waals surface area contributed by atoms with E-state index >= 15 is 0 Å². The molecular weight excluding hydrogens is 252 g/mol. The van der Waals surface area contributed by atoms with Crippen molar-refractivity contribution >= 4 is 11.6 Å². The first kappa shape index (κ1) is 12.4. The fourth-order valence-corrected chi connectivity index (χ4v) is 2.01. The van der Waals surface area contributed by atoms with Crippen molar-refractivity contribution in [3.63, 3.8) is 0 Å². The molecule has 0 aliphatic heterocycles. The van der Waals surface area contributed by atoms with Gasteiger partial charge >= 0.3 is 0 Å². The van der Waals surface area contributed by atoms with Gasteiger partial charge in [-0.15, -0.1) is 0 Å². The summed E-state index contributed by atoms with van der Waals surface area (Å²) in [5, 5.41) is 11.7. The fourth-order valence-electron chi connectivity index (χ4n) is 2.01. The predicted octanol–water partition coefficient (Wildman–Crippen LogP) is 2.62. The molecule has 0 aliphatic rings. The summed E-state index contributed by atoms with van der Waals surface area (Å²) in [6.07, 6.45) is 6.26. The predicted molar refractivity (Wildman–Crippen MR) is 77.2 cm³/mol. The lowest BCUT2D eigenvalue weighted by atomic mass is 10.3. The van der Waals surface area contributed by atoms with Gasteiger partial charge in [0, 0.05) is 24.6 Å². The van der Waals surface area contributed by atoms with E-state index in [-0.39, 0.29) is 0 Å². The first-order chi connectivity index (χ1) is 9.86. The molecule has 0 unspecified atom stereocenters. The maximum atomic E-state index is 4.24. The minimum atomic E-state index is 0.754. The molecule has 0 amide bonds. The monoisotopic (exact) mass is 268 g/mol. The van der Waals surface area contributed by atoms with Gasteiger partial charge in [0.15, 0.2) is 0 Å². The molecule has 6 nitrogen and oxygen atoms in total. The lowest BCUT2D eigenvalue weighted by Gasteiger charge is -2.09. The highest BCUT2D eigenvalue weighted by atomic mass is 15.4. The summed E-state index contributed by atoms with van der Waals surface area (Å²) >= 11 is 0. The summed E-state index contributed by atoms with van der Waals surface area (Å²) in [5.74, 6) is 0.754. The summed E-state index contributed by atoms with van der Waals surface area (Å²) < 4.78 is 3.68. The van der Waals surface area contributed by atoms with Crippen molar-refractivity contribution in [1.29, 1.82) is 0 Å². The molecule has 0 bridgehead atoms. The van der Waals surface area contributed by atoms with Crippen LogP contribution in [0.3, 0.4) is 0 Å². The molecule has 1 N–H and O–H groups in total. The van der Waals surface area contributed by atoms with E-state index in [1.54, 1.807) is 12.5 Å². The second-order valence-corrected chi connectivity index (χ2v) is 4.43. The Hall–Kier alpha value is -2.63.